The summed E-state index contributed by atoms with van der Waals surface area (Å²) in [5.41, 5.74) is 1.38. The molecule has 0 unspecified atom stereocenters. The van der Waals surface area contributed by atoms with E-state index in [1.165, 1.54) is 24.3 Å². The number of sulfone groups is 1. The summed E-state index contributed by atoms with van der Waals surface area (Å²) in [5, 5.41) is 14.6. The molecule has 0 bridgehead atoms. The number of amides is 1. The normalized spacial score (nSPS) is 11.5. The van der Waals surface area contributed by atoms with Crippen LogP contribution < -0.4 is 5.32 Å². The van der Waals surface area contributed by atoms with Gasteiger partial charge in [-0.1, -0.05) is 16.7 Å². The van der Waals surface area contributed by atoms with Gasteiger partial charge in [0.2, 0.25) is 5.91 Å². The zero-order chi connectivity index (χ0) is 19.6. The van der Waals surface area contributed by atoms with Gasteiger partial charge >= 0.3 is 6.01 Å². The second-order valence-electron chi connectivity index (χ2n) is 5.78. The van der Waals surface area contributed by atoms with E-state index in [4.69, 9.17) is 16.0 Å². The SMILES string of the molecule is Cc1cc(-c2nnc(NC(=O)CCS(=O)(=O)c3ccc(Cl)cc3)o2)n(C)n1. The van der Waals surface area contributed by atoms with E-state index in [1.54, 1.807) is 17.8 Å². The summed E-state index contributed by atoms with van der Waals surface area (Å²) in [6.07, 6.45) is -0.256. The van der Waals surface area contributed by atoms with Crippen molar-refractivity contribution in [2.75, 3.05) is 11.1 Å². The number of benzene rings is 1. The quantitative estimate of drug-likeness (QED) is 0.662. The van der Waals surface area contributed by atoms with E-state index in [9.17, 15) is 13.2 Å². The Balaban J connectivity index is 1.61. The van der Waals surface area contributed by atoms with Crippen LogP contribution in [-0.2, 0) is 21.7 Å². The van der Waals surface area contributed by atoms with Crippen molar-refractivity contribution >= 4 is 33.4 Å². The van der Waals surface area contributed by atoms with Crippen LogP contribution in [0.15, 0.2) is 39.6 Å². The Kier molecular flexibility index (Phi) is 5.29. The predicted molar refractivity (Wildman–Crippen MR) is 98.0 cm³/mol. The van der Waals surface area contributed by atoms with Gasteiger partial charge in [-0.05, 0) is 37.3 Å². The molecule has 0 aliphatic rings. The number of nitrogens with zero attached hydrogens (tertiary/aromatic N) is 4. The number of aryl methyl sites for hydroxylation is 2. The van der Waals surface area contributed by atoms with Crippen molar-refractivity contribution in [1.82, 2.24) is 20.0 Å². The summed E-state index contributed by atoms with van der Waals surface area (Å²) in [6, 6.07) is 7.41. The van der Waals surface area contributed by atoms with Gasteiger partial charge in [-0.25, -0.2) is 8.42 Å². The first-order valence-corrected chi connectivity index (χ1v) is 9.90. The molecule has 0 aliphatic carbocycles. The highest BCUT2D eigenvalue weighted by molar-refractivity contribution is 7.91. The first-order chi connectivity index (χ1) is 12.7. The third kappa shape index (κ3) is 4.52. The summed E-state index contributed by atoms with van der Waals surface area (Å²) >= 11 is 5.75. The third-order valence-corrected chi connectivity index (χ3v) is 5.65. The molecule has 0 fully saturated rings. The summed E-state index contributed by atoms with van der Waals surface area (Å²) in [7, 11) is -1.87. The second-order valence-corrected chi connectivity index (χ2v) is 8.32. The number of carbonyl (C=O) groups excluding carboxylic acids is 1. The first-order valence-electron chi connectivity index (χ1n) is 7.87. The molecule has 1 aromatic carbocycles. The monoisotopic (exact) mass is 409 g/mol. The van der Waals surface area contributed by atoms with Gasteiger partial charge in [0, 0.05) is 18.5 Å². The minimum Gasteiger partial charge on any atom is -0.401 e. The fourth-order valence-electron chi connectivity index (χ4n) is 2.36. The molecule has 9 nitrogen and oxygen atoms in total. The van der Waals surface area contributed by atoms with Crippen LogP contribution in [-0.4, -0.2) is 40.1 Å². The summed E-state index contributed by atoms with van der Waals surface area (Å²) in [5.74, 6) is -0.714. The Labute approximate surface area is 160 Å². The van der Waals surface area contributed by atoms with Gasteiger partial charge in [0.05, 0.1) is 16.3 Å². The lowest BCUT2D eigenvalue weighted by Gasteiger charge is -2.04. The van der Waals surface area contributed by atoms with E-state index in [1.807, 2.05) is 6.92 Å². The van der Waals surface area contributed by atoms with Gasteiger partial charge in [0.1, 0.15) is 5.69 Å². The maximum atomic E-state index is 12.2. The molecule has 2 aromatic heterocycles. The molecular weight excluding hydrogens is 394 g/mol. The zero-order valence-electron chi connectivity index (χ0n) is 14.5. The summed E-state index contributed by atoms with van der Waals surface area (Å²) in [6.45, 7) is 1.82. The molecule has 0 atom stereocenters. The molecule has 0 saturated heterocycles. The fraction of sp³-hybridized carbons (Fsp3) is 0.250. The van der Waals surface area contributed by atoms with Gasteiger partial charge < -0.3 is 4.42 Å². The molecule has 142 valence electrons. The van der Waals surface area contributed by atoms with Gasteiger partial charge in [-0.3, -0.25) is 14.8 Å². The number of nitrogens with one attached hydrogen (secondary N) is 1. The van der Waals surface area contributed by atoms with Crippen molar-refractivity contribution in [2.45, 2.75) is 18.2 Å². The molecule has 1 N–H and O–H groups in total. The largest absolute Gasteiger partial charge is 0.401 e. The van der Waals surface area contributed by atoms with Gasteiger partial charge in [0.15, 0.2) is 9.84 Å². The molecular formula is C16H16ClN5O4S. The molecule has 2 heterocycles. The highest BCUT2D eigenvalue weighted by Crippen LogP contribution is 2.20. The molecule has 3 aromatic rings. The van der Waals surface area contributed by atoms with Crippen molar-refractivity contribution in [3.05, 3.63) is 41.0 Å². The highest BCUT2D eigenvalue weighted by atomic mass is 35.5. The molecule has 3 rings (SSSR count). The van der Waals surface area contributed by atoms with Crippen molar-refractivity contribution < 1.29 is 17.6 Å². The number of hydrogen-bond donors (Lipinski definition) is 1. The van der Waals surface area contributed by atoms with Gasteiger partial charge in [-0.2, -0.15) is 5.10 Å². The standard InChI is InChI=1S/C16H16ClN5O4S/c1-10-9-13(22(2)21-10)15-19-20-16(26-15)18-14(23)7-8-27(24,25)12-5-3-11(17)4-6-12/h3-6,9H,7-8H2,1-2H3,(H,18,20,23). The summed E-state index contributed by atoms with van der Waals surface area (Å²) in [4.78, 5) is 12.1. The zero-order valence-corrected chi connectivity index (χ0v) is 16.1. The Hall–Kier alpha value is -2.72. The molecule has 0 aliphatic heterocycles. The fourth-order valence-corrected chi connectivity index (χ4v) is 3.72. The summed E-state index contributed by atoms with van der Waals surface area (Å²) < 4.78 is 31.5. The minimum atomic E-state index is -3.60. The van der Waals surface area contributed by atoms with Crippen molar-refractivity contribution in [3.63, 3.8) is 0 Å². The van der Waals surface area contributed by atoms with Crippen LogP contribution in [0.4, 0.5) is 6.01 Å². The van der Waals surface area contributed by atoms with Crippen LogP contribution in [0.2, 0.25) is 5.02 Å². The van der Waals surface area contributed by atoms with Crippen LogP contribution >= 0.6 is 11.6 Å². The lowest BCUT2D eigenvalue weighted by atomic mass is 10.4. The van der Waals surface area contributed by atoms with Gasteiger partial charge in [-0.15, -0.1) is 5.10 Å². The van der Waals surface area contributed by atoms with Crippen molar-refractivity contribution in [2.24, 2.45) is 7.05 Å². The highest BCUT2D eigenvalue weighted by Gasteiger charge is 2.19. The molecule has 0 saturated carbocycles. The topological polar surface area (TPSA) is 120 Å². The molecule has 27 heavy (non-hydrogen) atoms. The Bertz CT molecular complexity index is 1070. The Morgan fingerprint density at radius 3 is 2.59 bits per heavy atom. The molecule has 0 spiro atoms. The van der Waals surface area contributed by atoms with Crippen LogP contribution in [0.5, 0.6) is 0 Å². The van der Waals surface area contributed by atoms with E-state index in [2.05, 4.69) is 20.6 Å². The average molecular weight is 410 g/mol. The van der Waals surface area contributed by atoms with Gasteiger partial charge in [0.25, 0.3) is 5.89 Å². The Morgan fingerprint density at radius 2 is 1.96 bits per heavy atom. The number of hydrogen-bond acceptors (Lipinski definition) is 7. The van der Waals surface area contributed by atoms with Crippen molar-refractivity contribution in [1.29, 1.82) is 0 Å². The molecule has 1 amide bonds. The van der Waals surface area contributed by atoms with Crippen LogP contribution in [0.3, 0.4) is 0 Å². The number of rotatable bonds is 6. The lowest BCUT2D eigenvalue weighted by molar-refractivity contribution is -0.115. The number of carbonyl (C=O) groups is 1. The van der Waals surface area contributed by atoms with E-state index in [0.29, 0.717) is 10.7 Å². The van der Waals surface area contributed by atoms with Crippen LogP contribution in [0.1, 0.15) is 12.1 Å². The van der Waals surface area contributed by atoms with E-state index in [0.717, 1.165) is 5.69 Å². The lowest BCUT2D eigenvalue weighted by Crippen LogP contribution is -2.17. The number of halogens is 1. The number of anilines is 1. The molecule has 0 radical (unpaired) electrons. The first kappa shape index (κ1) is 19.1. The minimum absolute atomic E-state index is 0.103. The van der Waals surface area contributed by atoms with Crippen LogP contribution in [0.25, 0.3) is 11.6 Å². The predicted octanol–water partition coefficient (Wildman–Crippen LogP) is 2.23. The molecule has 11 heteroatoms. The number of aromatic nitrogens is 4. The van der Waals surface area contributed by atoms with Crippen molar-refractivity contribution in [3.8, 4) is 11.6 Å². The average Bonchev–Trinajstić information content (AvgIpc) is 3.19. The van der Waals surface area contributed by atoms with E-state index >= 15 is 0 Å². The Morgan fingerprint density at radius 1 is 1.26 bits per heavy atom. The second kappa shape index (κ2) is 7.49. The van der Waals surface area contributed by atoms with Crippen LogP contribution in [0, 0.1) is 6.92 Å². The smallest absolute Gasteiger partial charge is 0.322 e. The van der Waals surface area contributed by atoms with E-state index in [-0.39, 0.29) is 29.0 Å². The maximum Gasteiger partial charge on any atom is 0.322 e. The van der Waals surface area contributed by atoms with E-state index < -0.39 is 15.7 Å². The maximum absolute atomic E-state index is 12.2. The third-order valence-electron chi connectivity index (χ3n) is 3.66.